The maximum Gasteiger partial charge on any atom is 0.424 e. The van der Waals surface area contributed by atoms with Gasteiger partial charge in [-0.25, -0.2) is 9.69 Å². The Labute approximate surface area is 206 Å². The number of hydrogen-bond acceptors (Lipinski definition) is 3. The van der Waals surface area contributed by atoms with Crippen LogP contribution < -0.4 is 9.64 Å². The van der Waals surface area contributed by atoms with Gasteiger partial charge in [-0.1, -0.05) is 80.6 Å². The van der Waals surface area contributed by atoms with Crippen molar-refractivity contribution >= 4 is 29.3 Å². The number of carbonyl (C=O) groups is 2. The molecule has 1 amide bonds. The molecule has 0 saturated carbocycles. The van der Waals surface area contributed by atoms with E-state index in [0.717, 1.165) is 5.56 Å². The van der Waals surface area contributed by atoms with Crippen molar-refractivity contribution in [2.75, 3.05) is 4.90 Å². The second kappa shape index (κ2) is 11.1. The average Bonchev–Trinajstić information content (AvgIpc) is 2.89. The van der Waals surface area contributed by atoms with Gasteiger partial charge < -0.3 is 4.74 Å². The van der Waals surface area contributed by atoms with E-state index in [9.17, 15) is 9.59 Å². The lowest BCUT2D eigenvalue weighted by molar-refractivity contribution is 0.104. The number of rotatable bonds is 7. The summed E-state index contributed by atoms with van der Waals surface area (Å²) in [6.45, 7) is 4.30. The Hall–Kier alpha value is -4.44. The molecule has 0 aliphatic rings. The number of nitrogens with zero attached hydrogens (tertiary/aromatic N) is 1. The van der Waals surface area contributed by atoms with Crippen LogP contribution in [0.3, 0.4) is 0 Å². The summed E-state index contributed by atoms with van der Waals surface area (Å²) in [5.41, 5.74) is 4.14. The summed E-state index contributed by atoms with van der Waals surface area (Å²) in [6.07, 6.45) is 2.82. The molecule has 0 fully saturated rings. The normalized spacial score (nSPS) is 10.9. The molecule has 4 aromatic rings. The smallest absolute Gasteiger partial charge is 0.410 e. The number of amides is 1. The highest BCUT2D eigenvalue weighted by Gasteiger charge is 2.20. The van der Waals surface area contributed by atoms with Crippen molar-refractivity contribution in [3.05, 3.63) is 132 Å². The lowest BCUT2D eigenvalue weighted by Gasteiger charge is -2.22. The molecule has 4 rings (SSSR count). The summed E-state index contributed by atoms with van der Waals surface area (Å²) < 4.78 is 5.64. The van der Waals surface area contributed by atoms with Gasteiger partial charge in [-0.3, -0.25) is 4.79 Å². The van der Waals surface area contributed by atoms with Crippen molar-refractivity contribution in [3.8, 4) is 5.75 Å². The number of benzene rings is 4. The third-order valence-electron chi connectivity index (χ3n) is 5.59. The summed E-state index contributed by atoms with van der Waals surface area (Å²) in [4.78, 5) is 27.2. The summed E-state index contributed by atoms with van der Waals surface area (Å²) in [5, 5.41) is 0. The third kappa shape index (κ3) is 6.12. The first-order chi connectivity index (χ1) is 17.0. The Morgan fingerprint density at radius 1 is 0.714 bits per heavy atom. The number of hydrogen-bond donors (Lipinski definition) is 0. The first-order valence-electron chi connectivity index (χ1n) is 11.6. The molecule has 0 radical (unpaired) electrons. The van der Waals surface area contributed by atoms with E-state index in [-0.39, 0.29) is 5.78 Å². The van der Waals surface area contributed by atoms with Gasteiger partial charge in [0.05, 0.1) is 11.4 Å². The second-order valence-electron chi connectivity index (χ2n) is 8.42. The summed E-state index contributed by atoms with van der Waals surface area (Å²) in [7, 11) is 0. The standard InChI is InChI=1S/C31H27NO3/c1-23(2)25-16-13-24(14-17-25)15-22-30(33)26-18-20-29(21-19-26)35-31(34)32(27-9-5-3-6-10-27)28-11-7-4-8-12-28/h3-23H,1-2H3/b22-15+. The van der Waals surface area contributed by atoms with Gasteiger partial charge in [0.25, 0.3) is 0 Å². The molecule has 0 spiro atoms. The third-order valence-corrected chi connectivity index (χ3v) is 5.59. The fraction of sp³-hybridized carbons (Fsp3) is 0.0968. The Morgan fingerprint density at radius 3 is 1.77 bits per heavy atom. The van der Waals surface area contributed by atoms with E-state index < -0.39 is 6.09 Å². The quantitative estimate of drug-likeness (QED) is 0.207. The van der Waals surface area contributed by atoms with Crippen LogP contribution in [-0.2, 0) is 0 Å². The van der Waals surface area contributed by atoms with E-state index in [1.54, 1.807) is 36.4 Å². The molecule has 0 aliphatic heterocycles. The number of para-hydroxylation sites is 2. The monoisotopic (exact) mass is 461 g/mol. The van der Waals surface area contributed by atoms with E-state index in [4.69, 9.17) is 4.74 Å². The first kappa shape index (κ1) is 23.7. The van der Waals surface area contributed by atoms with E-state index in [2.05, 4.69) is 26.0 Å². The van der Waals surface area contributed by atoms with E-state index in [1.165, 1.54) is 10.5 Å². The molecule has 0 heterocycles. The Balaban J connectivity index is 1.45. The molecule has 0 N–H and O–H groups in total. The predicted octanol–water partition coefficient (Wildman–Crippen LogP) is 8.04. The minimum Gasteiger partial charge on any atom is -0.410 e. The van der Waals surface area contributed by atoms with Crippen molar-refractivity contribution in [3.63, 3.8) is 0 Å². The highest BCUT2D eigenvalue weighted by Crippen LogP contribution is 2.27. The summed E-state index contributed by atoms with van der Waals surface area (Å²) in [6, 6.07) is 33.4. The molecule has 0 saturated heterocycles. The fourth-order valence-corrected chi connectivity index (χ4v) is 3.61. The molecule has 0 aliphatic carbocycles. The molecular formula is C31H27NO3. The molecule has 0 bridgehead atoms. The highest BCUT2D eigenvalue weighted by molar-refractivity contribution is 6.07. The SMILES string of the molecule is CC(C)c1ccc(/C=C/C(=O)c2ccc(OC(=O)N(c3ccccc3)c3ccccc3)cc2)cc1. The molecular weight excluding hydrogens is 434 g/mol. The van der Waals surface area contributed by atoms with Crippen molar-refractivity contribution in [1.82, 2.24) is 0 Å². The average molecular weight is 462 g/mol. The highest BCUT2D eigenvalue weighted by atomic mass is 16.6. The van der Waals surface area contributed by atoms with E-state index in [1.807, 2.05) is 72.8 Å². The van der Waals surface area contributed by atoms with Crippen LogP contribution in [-0.4, -0.2) is 11.9 Å². The van der Waals surface area contributed by atoms with Crippen molar-refractivity contribution in [2.45, 2.75) is 19.8 Å². The second-order valence-corrected chi connectivity index (χ2v) is 8.42. The van der Waals surface area contributed by atoms with Gasteiger partial charge >= 0.3 is 6.09 Å². The van der Waals surface area contributed by atoms with Crippen LogP contribution in [0.1, 0.15) is 41.3 Å². The van der Waals surface area contributed by atoms with E-state index >= 15 is 0 Å². The van der Waals surface area contributed by atoms with Gasteiger partial charge in [0.15, 0.2) is 5.78 Å². The number of allylic oxidation sites excluding steroid dienone is 1. The topological polar surface area (TPSA) is 46.6 Å². The fourth-order valence-electron chi connectivity index (χ4n) is 3.61. The van der Waals surface area contributed by atoms with Crippen molar-refractivity contribution in [1.29, 1.82) is 0 Å². The van der Waals surface area contributed by atoms with Crippen molar-refractivity contribution < 1.29 is 14.3 Å². The molecule has 35 heavy (non-hydrogen) atoms. The molecule has 4 nitrogen and oxygen atoms in total. The summed E-state index contributed by atoms with van der Waals surface area (Å²) >= 11 is 0. The molecule has 0 atom stereocenters. The lowest BCUT2D eigenvalue weighted by atomic mass is 10.0. The van der Waals surface area contributed by atoms with Crippen LogP contribution in [0, 0.1) is 0 Å². The van der Waals surface area contributed by atoms with Gasteiger partial charge in [0.2, 0.25) is 0 Å². The van der Waals surface area contributed by atoms with Crippen LogP contribution in [0.15, 0.2) is 115 Å². The zero-order valence-corrected chi connectivity index (χ0v) is 19.8. The van der Waals surface area contributed by atoms with Crippen LogP contribution >= 0.6 is 0 Å². The zero-order valence-electron chi connectivity index (χ0n) is 19.8. The maximum absolute atomic E-state index is 13.1. The number of carbonyl (C=O) groups excluding carboxylic acids is 2. The molecule has 0 aromatic heterocycles. The van der Waals surface area contributed by atoms with Crippen molar-refractivity contribution in [2.24, 2.45) is 0 Å². The predicted molar refractivity (Wildman–Crippen MR) is 141 cm³/mol. The minimum absolute atomic E-state index is 0.119. The number of anilines is 2. The number of ether oxygens (including phenoxy) is 1. The van der Waals surface area contributed by atoms with Gasteiger partial charge in [0, 0.05) is 5.56 Å². The zero-order chi connectivity index (χ0) is 24.6. The largest absolute Gasteiger partial charge is 0.424 e. The summed E-state index contributed by atoms with van der Waals surface area (Å²) in [5.74, 6) is 0.706. The molecule has 0 unspecified atom stereocenters. The van der Waals surface area contributed by atoms with Crippen LogP contribution in [0.25, 0.3) is 6.08 Å². The lowest BCUT2D eigenvalue weighted by Crippen LogP contribution is -2.29. The Bertz CT molecular complexity index is 1250. The van der Waals surface area contributed by atoms with Gasteiger partial charge in [0.1, 0.15) is 5.75 Å². The van der Waals surface area contributed by atoms with Gasteiger partial charge in [-0.15, -0.1) is 0 Å². The molecule has 4 heteroatoms. The van der Waals surface area contributed by atoms with Crippen LogP contribution in [0.5, 0.6) is 5.75 Å². The Kier molecular flexibility index (Phi) is 7.53. The first-order valence-corrected chi connectivity index (χ1v) is 11.6. The van der Waals surface area contributed by atoms with Gasteiger partial charge in [-0.05, 0) is 71.7 Å². The maximum atomic E-state index is 13.1. The Morgan fingerprint density at radius 2 is 1.26 bits per heavy atom. The van der Waals surface area contributed by atoms with Gasteiger partial charge in [-0.2, -0.15) is 0 Å². The minimum atomic E-state index is -0.536. The molecule has 174 valence electrons. The number of ketones is 1. The van der Waals surface area contributed by atoms with E-state index in [0.29, 0.717) is 28.6 Å². The van der Waals surface area contributed by atoms with Crippen LogP contribution in [0.2, 0.25) is 0 Å². The molecule has 4 aromatic carbocycles. The van der Waals surface area contributed by atoms with Crippen LogP contribution in [0.4, 0.5) is 16.2 Å².